The number of aromatic nitrogens is 2. The van der Waals surface area contributed by atoms with Crippen molar-refractivity contribution < 1.29 is 0 Å². The Labute approximate surface area is 97.1 Å². The van der Waals surface area contributed by atoms with Crippen molar-refractivity contribution in [3.8, 4) is 0 Å². The predicted molar refractivity (Wildman–Crippen MR) is 65.8 cm³/mol. The maximum atomic E-state index is 4.34. The van der Waals surface area contributed by atoms with Gasteiger partial charge in [-0.25, -0.2) is 4.98 Å². The molecule has 1 aromatic heterocycles. The van der Waals surface area contributed by atoms with Gasteiger partial charge >= 0.3 is 0 Å². The molecule has 0 unspecified atom stereocenters. The van der Waals surface area contributed by atoms with Crippen molar-refractivity contribution >= 4 is 5.95 Å². The molecule has 5 nitrogen and oxygen atoms in total. The standard InChI is InChI=1S/C11H21N5/c1-14-6-5-13-11(14)15(2)9-10-16-7-3-12-4-8-16/h5-6,12H,3-4,7-10H2,1-2H3. The third kappa shape index (κ3) is 2.74. The second kappa shape index (κ2) is 5.32. The minimum absolute atomic E-state index is 1.03. The van der Waals surface area contributed by atoms with E-state index in [9.17, 15) is 0 Å². The van der Waals surface area contributed by atoms with Crippen molar-refractivity contribution in [1.29, 1.82) is 0 Å². The van der Waals surface area contributed by atoms with Gasteiger partial charge in [0.05, 0.1) is 0 Å². The Balaban J connectivity index is 1.79. The van der Waals surface area contributed by atoms with E-state index in [0.29, 0.717) is 0 Å². The molecule has 0 aromatic carbocycles. The van der Waals surface area contributed by atoms with Gasteiger partial charge in [0.1, 0.15) is 0 Å². The van der Waals surface area contributed by atoms with Crippen molar-refractivity contribution in [1.82, 2.24) is 19.8 Å². The first-order valence-corrected chi connectivity index (χ1v) is 5.89. The number of likely N-dealkylation sites (N-methyl/N-ethyl adjacent to an activating group) is 1. The topological polar surface area (TPSA) is 36.3 Å². The van der Waals surface area contributed by atoms with Crippen LogP contribution in [0.25, 0.3) is 0 Å². The maximum absolute atomic E-state index is 4.34. The first-order chi connectivity index (χ1) is 7.77. The van der Waals surface area contributed by atoms with Gasteiger partial charge in [-0.3, -0.25) is 4.90 Å². The van der Waals surface area contributed by atoms with E-state index in [1.807, 2.05) is 19.4 Å². The largest absolute Gasteiger partial charge is 0.344 e. The van der Waals surface area contributed by atoms with Crippen molar-refractivity contribution in [3.05, 3.63) is 12.4 Å². The number of piperazine rings is 1. The lowest BCUT2D eigenvalue weighted by atomic mass is 10.3. The molecule has 0 bridgehead atoms. The smallest absolute Gasteiger partial charge is 0.204 e. The van der Waals surface area contributed by atoms with Gasteiger partial charge in [0.25, 0.3) is 0 Å². The lowest BCUT2D eigenvalue weighted by molar-refractivity contribution is 0.246. The van der Waals surface area contributed by atoms with Gasteiger partial charge in [0, 0.05) is 65.8 Å². The van der Waals surface area contributed by atoms with Crippen LogP contribution in [-0.2, 0) is 7.05 Å². The molecule has 0 atom stereocenters. The minimum atomic E-state index is 1.03. The van der Waals surface area contributed by atoms with Crippen LogP contribution in [0.3, 0.4) is 0 Å². The fourth-order valence-electron chi connectivity index (χ4n) is 2.05. The number of aryl methyl sites for hydroxylation is 1. The van der Waals surface area contributed by atoms with Crippen LogP contribution in [0.1, 0.15) is 0 Å². The molecule has 90 valence electrons. The summed E-state index contributed by atoms with van der Waals surface area (Å²) in [5.41, 5.74) is 0. The summed E-state index contributed by atoms with van der Waals surface area (Å²) < 4.78 is 2.05. The summed E-state index contributed by atoms with van der Waals surface area (Å²) in [6.07, 6.45) is 3.83. The highest BCUT2D eigenvalue weighted by Crippen LogP contribution is 2.06. The molecule has 1 fully saturated rings. The second-order valence-corrected chi connectivity index (χ2v) is 4.35. The fourth-order valence-corrected chi connectivity index (χ4v) is 2.05. The van der Waals surface area contributed by atoms with Crippen LogP contribution in [0.15, 0.2) is 12.4 Å². The van der Waals surface area contributed by atoms with Crippen LogP contribution in [-0.4, -0.2) is 60.8 Å². The first kappa shape index (κ1) is 11.4. The summed E-state index contributed by atoms with van der Waals surface area (Å²) >= 11 is 0. The van der Waals surface area contributed by atoms with Crippen molar-refractivity contribution in [2.75, 3.05) is 51.2 Å². The quantitative estimate of drug-likeness (QED) is 0.764. The highest BCUT2D eigenvalue weighted by Gasteiger charge is 2.11. The zero-order valence-corrected chi connectivity index (χ0v) is 10.2. The Morgan fingerprint density at radius 3 is 2.81 bits per heavy atom. The summed E-state index contributed by atoms with van der Waals surface area (Å²) in [5, 5.41) is 3.37. The summed E-state index contributed by atoms with van der Waals surface area (Å²) in [5.74, 6) is 1.04. The first-order valence-electron chi connectivity index (χ1n) is 5.89. The van der Waals surface area contributed by atoms with E-state index in [-0.39, 0.29) is 0 Å². The molecule has 0 spiro atoms. The molecule has 0 radical (unpaired) electrons. The Hall–Kier alpha value is -1.07. The van der Waals surface area contributed by atoms with Crippen molar-refractivity contribution in [2.45, 2.75) is 0 Å². The Bertz CT molecular complexity index is 316. The molecule has 0 amide bonds. The van der Waals surface area contributed by atoms with E-state index < -0.39 is 0 Å². The van der Waals surface area contributed by atoms with E-state index in [2.05, 4.69) is 31.7 Å². The van der Waals surface area contributed by atoms with Gasteiger partial charge in [0.15, 0.2) is 0 Å². The van der Waals surface area contributed by atoms with E-state index in [4.69, 9.17) is 0 Å². The number of hydrogen-bond donors (Lipinski definition) is 1. The van der Waals surface area contributed by atoms with Crippen LogP contribution in [0.4, 0.5) is 5.95 Å². The molecule has 1 saturated heterocycles. The number of imidazole rings is 1. The molecule has 1 N–H and O–H groups in total. The van der Waals surface area contributed by atoms with Gasteiger partial charge in [-0.1, -0.05) is 0 Å². The molecule has 0 saturated carbocycles. The third-order valence-electron chi connectivity index (χ3n) is 3.10. The highest BCUT2D eigenvalue weighted by molar-refractivity contribution is 5.29. The normalized spacial score (nSPS) is 17.6. The molecule has 1 aliphatic heterocycles. The van der Waals surface area contributed by atoms with Gasteiger partial charge in [-0.15, -0.1) is 0 Å². The monoisotopic (exact) mass is 223 g/mol. The predicted octanol–water partition coefficient (Wildman–Crippen LogP) is -0.238. The molecule has 2 rings (SSSR count). The molecular formula is C11H21N5. The van der Waals surface area contributed by atoms with Gasteiger partial charge in [0.2, 0.25) is 5.95 Å². The molecule has 2 heterocycles. The van der Waals surface area contributed by atoms with Gasteiger partial charge in [-0.2, -0.15) is 0 Å². The molecular weight excluding hydrogens is 202 g/mol. The van der Waals surface area contributed by atoms with E-state index in [1.54, 1.807) is 0 Å². The summed E-state index contributed by atoms with van der Waals surface area (Å²) in [6.45, 7) is 6.71. The number of hydrogen-bond acceptors (Lipinski definition) is 4. The Morgan fingerprint density at radius 1 is 1.44 bits per heavy atom. The van der Waals surface area contributed by atoms with Gasteiger partial charge in [-0.05, 0) is 0 Å². The SMILES string of the molecule is CN(CCN1CCNCC1)c1nccn1C. The molecule has 1 aromatic rings. The maximum Gasteiger partial charge on any atom is 0.204 e. The van der Waals surface area contributed by atoms with Crippen LogP contribution in [0, 0.1) is 0 Å². The van der Waals surface area contributed by atoms with Crippen molar-refractivity contribution in [3.63, 3.8) is 0 Å². The fraction of sp³-hybridized carbons (Fsp3) is 0.727. The van der Waals surface area contributed by atoms with E-state index in [1.165, 1.54) is 0 Å². The van der Waals surface area contributed by atoms with Crippen LogP contribution < -0.4 is 10.2 Å². The van der Waals surface area contributed by atoms with Crippen LogP contribution >= 0.6 is 0 Å². The van der Waals surface area contributed by atoms with Crippen molar-refractivity contribution in [2.24, 2.45) is 7.05 Å². The Kier molecular flexibility index (Phi) is 3.79. The zero-order chi connectivity index (χ0) is 11.4. The van der Waals surface area contributed by atoms with Gasteiger partial charge < -0.3 is 14.8 Å². The molecule has 5 heteroatoms. The Morgan fingerprint density at radius 2 is 2.19 bits per heavy atom. The lowest BCUT2D eigenvalue weighted by Crippen LogP contribution is -2.46. The highest BCUT2D eigenvalue weighted by atomic mass is 15.3. The number of nitrogens with one attached hydrogen (secondary N) is 1. The third-order valence-corrected chi connectivity index (χ3v) is 3.10. The molecule has 1 aliphatic rings. The number of anilines is 1. The molecule has 0 aliphatic carbocycles. The lowest BCUT2D eigenvalue weighted by Gasteiger charge is -2.29. The number of nitrogens with zero attached hydrogens (tertiary/aromatic N) is 4. The summed E-state index contributed by atoms with van der Waals surface area (Å²) in [4.78, 5) is 9.04. The van der Waals surface area contributed by atoms with Crippen LogP contribution in [0.5, 0.6) is 0 Å². The number of rotatable bonds is 4. The minimum Gasteiger partial charge on any atom is -0.344 e. The average Bonchev–Trinajstić information content (AvgIpc) is 2.74. The average molecular weight is 223 g/mol. The second-order valence-electron chi connectivity index (χ2n) is 4.35. The van der Waals surface area contributed by atoms with Crippen LogP contribution in [0.2, 0.25) is 0 Å². The summed E-state index contributed by atoms with van der Waals surface area (Å²) in [6, 6.07) is 0. The van der Waals surface area contributed by atoms with E-state index >= 15 is 0 Å². The zero-order valence-electron chi connectivity index (χ0n) is 10.2. The van der Waals surface area contributed by atoms with E-state index in [0.717, 1.165) is 45.2 Å². The summed E-state index contributed by atoms with van der Waals surface area (Å²) in [7, 11) is 4.13. The molecule has 16 heavy (non-hydrogen) atoms.